The number of pyridine rings is 1. The number of halogens is 2. The van der Waals surface area contributed by atoms with Crippen LogP contribution in [-0.2, 0) is 0 Å². The fraction of sp³-hybridized carbons (Fsp3) is 0.444. The van der Waals surface area contributed by atoms with Gasteiger partial charge in [-0.25, -0.2) is 9.37 Å². The Labute approximate surface area is 91.2 Å². The van der Waals surface area contributed by atoms with Gasteiger partial charge in [0.05, 0.1) is 0 Å². The number of hydrogen-bond donors (Lipinski definition) is 2. The molecule has 0 bridgehead atoms. The number of anilines is 1. The van der Waals surface area contributed by atoms with Gasteiger partial charge < -0.3 is 10.6 Å². The molecule has 0 radical (unpaired) electrons. The SMILES string of the molecule is CCNCCNc1ncc(Br)cc1F. The third-order valence-electron chi connectivity index (χ3n) is 1.65. The molecule has 0 aliphatic carbocycles. The molecule has 0 saturated carbocycles. The lowest BCUT2D eigenvalue weighted by atomic mass is 10.4. The lowest BCUT2D eigenvalue weighted by Crippen LogP contribution is -2.22. The molecule has 2 N–H and O–H groups in total. The highest BCUT2D eigenvalue weighted by Crippen LogP contribution is 2.15. The van der Waals surface area contributed by atoms with Gasteiger partial charge in [0.2, 0.25) is 0 Å². The summed E-state index contributed by atoms with van der Waals surface area (Å²) in [5.41, 5.74) is 0. The molecule has 5 heteroatoms. The first-order valence-electron chi connectivity index (χ1n) is 4.49. The molecule has 0 saturated heterocycles. The van der Waals surface area contributed by atoms with Crippen LogP contribution in [0.3, 0.4) is 0 Å². The van der Waals surface area contributed by atoms with Gasteiger partial charge in [-0.1, -0.05) is 6.92 Å². The van der Waals surface area contributed by atoms with Gasteiger partial charge in [0.1, 0.15) is 0 Å². The van der Waals surface area contributed by atoms with E-state index in [-0.39, 0.29) is 5.82 Å². The molecule has 0 aromatic carbocycles. The molecule has 0 aliphatic rings. The Balaban J connectivity index is 2.42. The summed E-state index contributed by atoms with van der Waals surface area (Å²) in [6.07, 6.45) is 1.57. The van der Waals surface area contributed by atoms with Crippen molar-refractivity contribution < 1.29 is 4.39 Å². The summed E-state index contributed by atoms with van der Waals surface area (Å²) >= 11 is 3.15. The second-order valence-corrected chi connectivity index (χ2v) is 3.68. The maximum absolute atomic E-state index is 13.2. The Kier molecular flexibility index (Phi) is 4.82. The van der Waals surface area contributed by atoms with E-state index in [1.54, 1.807) is 6.20 Å². The van der Waals surface area contributed by atoms with Crippen molar-refractivity contribution in [3.05, 3.63) is 22.6 Å². The Morgan fingerprint density at radius 3 is 2.93 bits per heavy atom. The Morgan fingerprint density at radius 2 is 2.29 bits per heavy atom. The van der Waals surface area contributed by atoms with Crippen LogP contribution < -0.4 is 10.6 Å². The zero-order valence-corrected chi connectivity index (χ0v) is 9.57. The molecular formula is C9H13BrFN3. The third-order valence-corrected chi connectivity index (χ3v) is 2.09. The van der Waals surface area contributed by atoms with Gasteiger partial charge in [-0.3, -0.25) is 0 Å². The molecule has 0 atom stereocenters. The lowest BCUT2D eigenvalue weighted by Gasteiger charge is -2.06. The van der Waals surface area contributed by atoms with Crippen LogP contribution in [0.15, 0.2) is 16.7 Å². The van der Waals surface area contributed by atoms with Gasteiger partial charge in [0.25, 0.3) is 0 Å². The van der Waals surface area contributed by atoms with Gasteiger partial charge >= 0.3 is 0 Å². The van der Waals surface area contributed by atoms with Crippen LogP contribution in [0.5, 0.6) is 0 Å². The van der Waals surface area contributed by atoms with Gasteiger partial charge in [-0.15, -0.1) is 0 Å². The number of aromatic nitrogens is 1. The summed E-state index contributed by atoms with van der Waals surface area (Å²) < 4.78 is 13.8. The van der Waals surface area contributed by atoms with E-state index >= 15 is 0 Å². The maximum atomic E-state index is 13.2. The monoisotopic (exact) mass is 261 g/mol. The molecule has 0 aliphatic heterocycles. The largest absolute Gasteiger partial charge is 0.366 e. The molecule has 1 heterocycles. The molecule has 0 unspecified atom stereocenters. The average molecular weight is 262 g/mol. The van der Waals surface area contributed by atoms with E-state index in [4.69, 9.17) is 0 Å². The van der Waals surface area contributed by atoms with Crippen LogP contribution in [0.1, 0.15) is 6.92 Å². The molecule has 1 rings (SSSR count). The van der Waals surface area contributed by atoms with Crippen LogP contribution in [0.25, 0.3) is 0 Å². The first-order valence-corrected chi connectivity index (χ1v) is 5.29. The predicted molar refractivity (Wildman–Crippen MR) is 58.9 cm³/mol. The molecule has 0 spiro atoms. The first-order chi connectivity index (χ1) is 6.74. The first kappa shape index (κ1) is 11.4. The molecule has 1 aromatic rings. The van der Waals surface area contributed by atoms with Gasteiger partial charge in [0.15, 0.2) is 11.6 Å². The van der Waals surface area contributed by atoms with Crippen molar-refractivity contribution >= 4 is 21.7 Å². The van der Waals surface area contributed by atoms with E-state index in [1.165, 1.54) is 6.07 Å². The minimum atomic E-state index is -0.337. The maximum Gasteiger partial charge on any atom is 0.166 e. The predicted octanol–water partition coefficient (Wildman–Crippen LogP) is 2.00. The minimum Gasteiger partial charge on any atom is -0.366 e. The van der Waals surface area contributed by atoms with Crippen LogP contribution >= 0.6 is 15.9 Å². The van der Waals surface area contributed by atoms with Crippen LogP contribution in [0, 0.1) is 5.82 Å². The number of hydrogen-bond acceptors (Lipinski definition) is 3. The zero-order chi connectivity index (χ0) is 10.4. The second-order valence-electron chi connectivity index (χ2n) is 2.76. The summed E-state index contributed by atoms with van der Waals surface area (Å²) in [5.74, 6) is -0.0398. The van der Waals surface area contributed by atoms with Crippen molar-refractivity contribution in [1.29, 1.82) is 0 Å². The minimum absolute atomic E-state index is 0.297. The number of nitrogens with zero attached hydrogens (tertiary/aromatic N) is 1. The van der Waals surface area contributed by atoms with Crippen molar-refractivity contribution in [3.8, 4) is 0 Å². The van der Waals surface area contributed by atoms with Crippen LogP contribution in [-0.4, -0.2) is 24.6 Å². The molecule has 14 heavy (non-hydrogen) atoms. The topological polar surface area (TPSA) is 37.0 Å². The highest BCUT2D eigenvalue weighted by Gasteiger charge is 2.02. The summed E-state index contributed by atoms with van der Waals surface area (Å²) in [6, 6.07) is 1.39. The molecular weight excluding hydrogens is 249 g/mol. The quantitative estimate of drug-likeness (QED) is 0.797. The van der Waals surface area contributed by atoms with Crippen molar-refractivity contribution in [3.63, 3.8) is 0 Å². The van der Waals surface area contributed by atoms with Crippen molar-refractivity contribution in [1.82, 2.24) is 10.3 Å². The average Bonchev–Trinajstić information content (AvgIpc) is 2.15. The molecule has 78 valence electrons. The van der Waals surface area contributed by atoms with Crippen molar-refractivity contribution in [2.75, 3.05) is 25.0 Å². The van der Waals surface area contributed by atoms with Crippen LogP contribution in [0.4, 0.5) is 10.2 Å². The van der Waals surface area contributed by atoms with E-state index in [9.17, 15) is 4.39 Å². The van der Waals surface area contributed by atoms with E-state index < -0.39 is 0 Å². The van der Waals surface area contributed by atoms with Crippen molar-refractivity contribution in [2.24, 2.45) is 0 Å². The smallest absolute Gasteiger partial charge is 0.166 e. The summed E-state index contributed by atoms with van der Waals surface area (Å²) in [5, 5.41) is 6.03. The van der Waals surface area contributed by atoms with E-state index in [0.29, 0.717) is 16.8 Å². The zero-order valence-electron chi connectivity index (χ0n) is 7.98. The lowest BCUT2D eigenvalue weighted by molar-refractivity contribution is 0.622. The molecule has 1 aromatic heterocycles. The van der Waals surface area contributed by atoms with Gasteiger partial charge in [-0.2, -0.15) is 0 Å². The van der Waals surface area contributed by atoms with Gasteiger partial charge in [0, 0.05) is 23.8 Å². The number of likely N-dealkylation sites (N-methyl/N-ethyl adjacent to an activating group) is 1. The number of nitrogens with one attached hydrogen (secondary N) is 2. The number of rotatable bonds is 5. The summed E-state index contributed by atoms with van der Waals surface area (Å²) in [6.45, 7) is 4.41. The van der Waals surface area contributed by atoms with E-state index in [0.717, 1.165) is 13.1 Å². The third kappa shape index (κ3) is 3.59. The Hall–Kier alpha value is -0.680. The molecule has 0 fully saturated rings. The molecule has 3 nitrogen and oxygen atoms in total. The van der Waals surface area contributed by atoms with E-state index in [2.05, 4.69) is 31.5 Å². The van der Waals surface area contributed by atoms with Crippen molar-refractivity contribution in [2.45, 2.75) is 6.92 Å². The highest BCUT2D eigenvalue weighted by atomic mass is 79.9. The second kappa shape index (κ2) is 5.93. The molecule has 0 amide bonds. The highest BCUT2D eigenvalue weighted by molar-refractivity contribution is 9.10. The Bertz CT molecular complexity index is 293. The normalized spacial score (nSPS) is 10.2. The summed E-state index contributed by atoms with van der Waals surface area (Å²) in [7, 11) is 0. The van der Waals surface area contributed by atoms with E-state index in [1.807, 2.05) is 6.92 Å². The van der Waals surface area contributed by atoms with Gasteiger partial charge in [-0.05, 0) is 28.5 Å². The Morgan fingerprint density at radius 1 is 1.50 bits per heavy atom. The summed E-state index contributed by atoms with van der Waals surface area (Å²) in [4.78, 5) is 3.91. The van der Waals surface area contributed by atoms with Crippen LogP contribution in [0.2, 0.25) is 0 Å². The fourth-order valence-corrected chi connectivity index (χ4v) is 1.29. The standard InChI is InChI=1S/C9H13BrFN3/c1-2-12-3-4-13-9-8(11)5-7(10)6-14-9/h5-6,12H,2-4H2,1H3,(H,13,14). The fourth-order valence-electron chi connectivity index (χ4n) is 0.991.